The molecule has 1 aromatic carbocycles. The zero-order chi connectivity index (χ0) is 13.1. The second-order valence-corrected chi connectivity index (χ2v) is 4.72. The molecule has 0 aliphatic heterocycles. The van der Waals surface area contributed by atoms with Gasteiger partial charge in [0.15, 0.2) is 0 Å². The number of nitrogens with zero attached hydrogens (tertiary/aromatic N) is 2. The molecule has 0 spiro atoms. The Kier molecular flexibility index (Phi) is 3.55. The number of nitrogens with two attached hydrogens (primary N) is 1. The molecule has 0 radical (unpaired) electrons. The Morgan fingerprint density at radius 3 is 2.56 bits per heavy atom. The number of aryl methyl sites for hydroxylation is 2. The lowest BCUT2D eigenvalue weighted by Crippen LogP contribution is -2.25. The summed E-state index contributed by atoms with van der Waals surface area (Å²) >= 11 is 0. The smallest absolute Gasteiger partial charge is 0.328 e. The lowest BCUT2D eigenvalue weighted by atomic mass is 10.1. The van der Waals surface area contributed by atoms with E-state index in [1.807, 2.05) is 50.5 Å². The largest absolute Gasteiger partial charge is 0.399 e. The van der Waals surface area contributed by atoms with Gasteiger partial charge in [0.05, 0.1) is 0 Å². The molecule has 18 heavy (non-hydrogen) atoms. The number of imidazole rings is 1. The number of aromatic nitrogens is 2. The Morgan fingerprint density at radius 2 is 1.94 bits per heavy atom. The van der Waals surface area contributed by atoms with Gasteiger partial charge in [-0.25, -0.2) is 4.79 Å². The number of hydrogen-bond acceptors (Lipinski definition) is 2. The van der Waals surface area contributed by atoms with Crippen LogP contribution in [0.3, 0.4) is 0 Å². The summed E-state index contributed by atoms with van der Waals surface area (Å²) in [5, 5.41) is 0. The van der Waals surface area contributed by atoms with Crippen LogP contribution in [0.1, 0.15) is 25.5 Å². The molecule has 2 N–H and O–H groups in total. The molecule has 0 saturated heterocycles. The molecule has 4 heteroatoms. The van der Waals surface area contributed by atoms with Gasteiger partial charge in [0, 0.05) is 30.7 Å². The maximum Gasteiger partial charge on any atom is 0.328 e. The van der Waals surface area contributed by atoms with Gasteiger partial charge in [-0.3, -0.25) is 9.13 Å². The summed E-state index contributed by atoms with van der Waals surface area (Å²) in [6, 6.07) is 7.96. The van der Waals surface area contributed by atoms with Crippen LogP contribution in [-0.4, -0.2) is 9.13 Å². The van der Waals surface area contributed by atoms with E-state index >= 15 is 0 Å². The van der Waals surface area contributed by atoms with Gasteiger partial charge in [-0.05, 0) is 31.9 Å². The van der Waals surface area contributed by atoms with E-state index in [4.69, 9.17) is 5.73 Å². The molecule has 0 unspecified atom stereocenters. The highest BCUT2D eigenvalue weighted by atomic mass is 16.1. The molecule has 1 heterocycles. The summed E-state index contributed by atoms with van der Waals surface area (Å²) in [7, 11) is 0. The number of rotatable bonds is 4. The van der Waals surface area contributed by atoms with Crippen molar-refractivity contribution in [2.75, 3.05) is 5.73 Å². The third-order valence-electron chi connectivity index (χ3n) is 3.11. The van der Waals surface area contributed by atoms with Gasteiger partial charge in [0.2, 0.25) is 0 Å². The number of benzene rings is 1. The summed E-state index contributed by atoms with van der Waals surface area (Å²) in [6.45, 7) is 4.66. The Bertz CT molecular complexity index is 581. The van der Waals surface area contributed by atoms with Gasteiger partial charge in [0.1, 0.15) is 0 Å². The quantitative estimate of drug-likeness (QED) is 0.838. The Balaban J connectivity index is 2.12. The van der Waals surface area contributed by atoms with Crippen LogP contribution in [0, 0.1) is 0 Å². The van der Waals surface area contributed by atoms with Gasteiger partial charge in [-0.15, -0.1) is 0 Å². The van der Waals surface area contributed by atoms with Crippen LogP contribution in [0.15, 0.2) is 41.5 Å². The molecule has 0 amide bonds. The third-order valence-corrected chi connectivity index (χ3v) is 3.11. The Labute approximate surface area is 107 Å². The first kappa shape index (κ1) is 12.5. The van der Waals surface area contributed by atoms with Crippen molar-refractivity contribution in [3.63, 3.8) is 0 Å². The van der Waals surface area contributed by atoms with E-state index in [0.29, 0.717) is 6.54 Å². The van der Waals surface area contributed by atoms with E-state index in [9.17, 15) is 4.79 Å². The molecule has 0 aliphatic carbocycles. The van der Waals surface area contributed by atoms with Gasteiger partial charge in [-0.2, -0.15) is 0 Å². The molecule has 1 aromatic heterocycles. The summed E-state index contributed by atoms with van der Waals surface area (Å²) in [4.78, 5) is 12.0. The van der Waals surface area contributed by atoms with Crippen LogP contribution in [-0.2, 0) is 13.0 Å². The third kappa shape index (κ3) is 2.47. The summed E-state index contributed by atoms with van der Waals surface area (Å²) in [5.74, 6) is 0. The van der Waals surface area contributed by atoms with Crippen molar-refractivity contribution in [3.05, 3.63) is 52.7 Å². The number of anilines is 1. The second kappa shape index (κ2) is 5.12. The fourth-order valence-electron chi connectivity index (χ4n) is 1.99. The second-order valence-electron chi connectivity index (χ2n) is 4.72. The van der Waals surface area contributed by atoms with Gasteiger partial charge in [-0.1, -0.05) is 18.2 Å². The van der Waals surface area contributed by atoms with Crippen LogP contribution < -0.4 is 11.4 Å². The Hall–Kier alpha value is -1.97. The van der Waals surface area contributed by atoms with Crippen LogP contribution in [0.4, 0.5) is 5.69 Å². The van der Waals surface area contributed by atoms with Gasteiger partial charge >= 0.3 is 5.69 Å². The molecule has 0 saturated carbocycles. The number of para-hydroxylation sites is 1. The first-order valence-corrected chi connectivity index (χ1v) is 6.20. The highest BCUT2D eigenvalue weighted by molar-refractivity contribution is 5.46. The van der Waals surface area contributed by atoms with Crippen molar-refractivity contribution in [2.45, 2.75) is 32.9 Å². The normalized spacial score (nSPS) is 11.1. The van der Waals surface area contributed by atoms with Crippen molar-refractivity contribution in [1.82, 2.24) is 9.13 Å². The number of hydrogen-bond donors (Lipinski definition) is 1. The predicted molar refractivity (Wildman–Crippen MR) is 73.6 cm³/mol. The van der Waals surface area contributed by atoms with Gasteiger partial charge < -0.3 is 5.73 Å². The van der Waals surface area contributed by atoms with Crippen molar-refractivity contribution >= 4 is 5.69 Å². The van der Waals surface area contributed by atoms with Gasteiger partial charge in [0.25, 0.3) is 0 Å². The lowest BCUT2D eigenvalue weighted by Gasteiger charge is -2.06. The highest BCUT2D eigenvalue weighted by Crippen LogP contribution is 2.11. The molecule has 2 rings (SSSR count). The summed E-state index contributed by atoms with van der Waals surface area (Å²) in [6.07, 6.45) is 4.44. The topological polar surface area (TPSA) is 52.9 Å². The first-order chi connectivity index (χ1) is 8.59. The van der Waals surface area contributed by atoms with Crippen LogP contribution in [0.25, 0.3) is 0 Å². The van der Waals surface area contributed by atoms with Crippen LogP contribution in [0.5, 0.6) is 0 Å². The minimum atomic E-state index is 0.0412. The summed E-state index contributed by atoms with van der Waals surface area (Å²) in [5.41, 5.74) is 7.80. The lowest BCUT2D eigenvalue weighted by molar-refractivity contribution is 0.551. The van der Waals surface area contributed by atoms with E-state index in [0.717, 1.165) is 17.7 Å². The number of nitrogen functional groups attached to an aromatic ring is 1. The average Bonchev–Trinajstić information content (AvgIpc) is 2.70. The van der Waals surface area contributed by atoms with E-state index in [1.165, 1.54) is 0 Å². The van der Waals surface area contributed by atoms with Crippen LogP contribution >= 0.6 is 0 Å². The predicted octanol–water partition coefficient (Wildman–Crippen LogP) is 2.06. The van der Waals surface area contributed by atoms with E-state index in [1.54, 1.807) is 9.13 Å². The standard InChI is InChI=1S/C14H19N3O/c1-11(2)17-10-9-16(14(17)18)8-7-12-5-3-4-6-13(12)15/h3-6,9-11H,7-8,15H2,1-2H3. The summed E-state index contributed by atoms with van der Waals surface area (Å²) < 4.78 is 3.46. The molecule has 0 bridgehead atoms. The average molecular weight is 245 g/mol. The minimum absolute atomic E-state index is 0.0412. The molecule has 0 atom stereocenters. The van der Waals surface area contributed by atoms with E-state index < -0.39 is 0 Å². The zero-order valence-corrected chi connectivity index (χ0v) is 10.8. The van der Waals surface area contributed by atoms with E-state index in [2.05, 4.69) is 0 Å². The maximum atomic E-state index is 12.0. The molecule has 0 fully saturated rings. The fourth-order valence-corrected chi connectivity index (χ4v) is 1.99. The Morgan fingerprint density at radius 1 is 1.22 bits per heavy atom. The van der Waals surface area contributed by atoms with Crippen molar-refractivity contribution in [1.29, 1.82) is 0 Å². The minimum Gasteiger partial charge on any atom is -0.399 e. The molecule has 4 nitrogen and oxygen atoms in total. The molecule has 96 valence electrons. The molecule has 2 aromatic rings. The molecular formula is C14H19N3O. The van der Waals surface area contributed by atoms with Crippen molar-refractivity contribution in [2.24, 2.45) is 0 Å². The van der Waals surface area contributed by atoms with Crippen molar-refractivity contribution in [3.8, 4) is 0 Å². The van der Waals surface area contributed by atoms with E-state index in [-0.39, 0.29) is 11.7 Å². The van der Waals surface area contributed by atoms with Crippen molar-refractivity contribution < 1.29 is 0 Å². The zero-order valence-electron chi connectivity index (χ0n) is 10.8. The van der Waals surface area contributed by atoms with Crippen LogP contribution in [0.2, 0.25) is 0 Å². The maximum absolute atomic E-state index is 12.0. The highest BCUT2D eigenvalue weighted by Gasteiger charge is 2.06. The first-order valence-electron chi connectivity index (χ1n) is 6.20. The monoisotopic (exact) mass is 245 g/mol. The SMILES string of the molecule is CC(C)n1ccn(CCc2ccccc2N)c1=O. The molecular weight excluding hydrogens is 226 g/mol. The fraction of sp³-hybridized carbons (Fsp3) is 0.357. The molecule has 0 aliphatic rings.